The zero-order chi connectivity index (χ0) is 11.6. The van der Waals surface area contributed by atoms with Crippen LogP contribution in [0.25, 0.3) is 0 Å². The Kier molecular flexibility index (Phi) is 3.31. The maximum atomic E-state index is 10.8. The molecule has 80 valence electrons. The van der Waals surface area contributed by atoms with Gasteiger partial charge >= 0.3 is 11.9 Å². The minimum absolute atomic E-state index is 0.0226. The Morgan fingerprint density at radius 3 is 1.87 bits per heavy atom. The van der Waals surface area contributed by atoms with Crippen molar-refractivity contribution in [1.29, 1.82) is 0 Å². The number of benzene rings is 1. The normalized spacial score (nSPS) is 10.0. The van der Waals surface area contributed by atoms with E-state index in [0.717, 1.165) is 0 Å². The van der Waals surface area contributed by atoms with Crippen molar-refractivity contribution in [2.45, 2.75) is 12.8 Å². The molecular weight excluding hydrogens is 220 g/mol. The van der Waals surface area contributed by atoms with Crippen molar-refractivity contribution in [3.05, 3.63) is 34.4 Å². The van der Waals surface area contributed by atoms with Crippen molar-refractivity contribution >= 4 is 23.5 Å². The van der Waals surface area contributed by atoms with Crippen LogP contribution in [0, 0.1) is 6.92 Å². The summed E-state index contributed by atoms with van der Waals surface area (Å²) in [5, 5.41) is 17.7. The van der Waals surface area contributed by atoms with E-state index < -0.39 is 11.9 Å². The minimum Gasteiger partial charge on any atom is -0.478 e. The lowest BCUT2D eigenvalue weighted by Gasteiger charge is -2.07. The van der Waals surface area contributed by atoms with Gasteiger partial charge in [0.2, 0.25) is 0 Å². The summed E-state index contributed by atoms with van der Waals surface area (Å²) in [6, 6.07) is 2.77. The fourth-order valence-corrected chi connectivity index (χ4v) is 1.45. The van der Waals surface area contributed by atoms with Crippen LogP contribution in [0.15, 0.2) is 12.1 Å². The van der Waals surface area contributed by atoms with Gasteiger partial charge in [0.25, 0.3) is 0 Å². The molecular formula is C10H9ClO4. The zero-order valence-electron chi connectivity index (χ0n) is 7.95. The van der Waals surface area contributed by atoms with E-state index in [4.69, 9.17) is 21.8 Å². The summed E-state index contributed by atoms with van der Waals surface area (Å²) in [5.41, 5.74) is 0.678. The molecule has 0 aromatic heterocycles. The van der Waals surface area contributed by atoms with Gasteiger partial charge in [-0.1, -0.05) is 0 Å². The number of rotatable bonds is 3. The van der Waals surface area contributed by atoms with E-state index in [1.54, 1.807) is 0 Å². The van der Waals surface area contributed by atoms with Crippen LogP contribution < -0.4 is 0 Å². The van der Waals surface area contributed by atoms with Crippen LogP contribution in [0.2, 0.25) is 0 Å². The van der Waals surface area contributed by atoms with Crippen LogP contribution in [-0.2, 0) is 5.88 Å². The summed E-state index contributed by atoms with van der Waals surface area (Å²) in [5.74, 6) is -2.22. The SMILES string of the molecule is Cc1c(C(=O)O)cc(CCl)cc1C(=O)O. The summed E-state index contributed by atoms with van der Waals surface area (Å²) in [7, 11) is 0. The number of aromatic carboxylic acids is 2. The molecule has 0 unspecified atom stereocenters. The lowest BCUT2D eigenvalue weighted by Crippen LogP contribution is -2.08. The second-order valence-electron chi connectivity index (χ2n) is 3.06. The fraction of sp³-hybridized carbons (Fsp3) is 0.200. The van der Waals surface area contributed by atoms with Gasteiger partial charge < -0.3 is 10.2 Å². The van der Waals surface area contributed by atoms with Crippen molar-refractivity contribution in [3.8, 4) is 0 Å². The molecule has 1 aromatic carbocycles. The zero-order valence-corrected chi connectivity index (χ0v) is 8.71. The van der Waals surface area contributed by atoms with Crippen LogP contribution in [0.3, 0.4) is 0 Å². The van der Waals surface area contributed by atoms with Crippen LogP contribution in [0.5, 0.6) is 0 Å². The van der Waals surface area contributed by atoms with Crippen LogP contribution in [0.4, 0.5) is 0 Å². The summed E-state index contributed by atoms with van der Waals surface area (Å²) >= 11 is 5.55. The van der Waals surface area contributed by atoms with Crippen molar-refractivity contribution in [1.82, 2.24) is 0 Å². The molecule has 0 aliphatic rings. The molecule has 0 amide bonds. The molecule has 4 nitrogen and oxygen atoms in total. The number of carboxylic acids is 2. The van der Waals surface area contributed by atoms with Gasteiger partial charge in [-0.15, -0.1) is 11.6 Å². The molecule has 0 radical (unpaired) electrons. The molecule has 1 rings (SSSR count). The molecule has 2 N–H and O–H groups in total. The quantitative estimate of drug-likeness (QED) is 0.778. The summed E-state index contributed by atoms with van der Waals surface area (Å²) in [6.45, 7) is 1.46. The van der Waals surface area contributed by atoms with Crippen LogP contribution in [-0.4, -0.2) is 22.2 Å². The van der Waals surface area contributed by atoms with Crippen molar-refractivity contribution in [3.63, 3.8) is 0 Å². The molecule has 0 saturated heterocycles. The highest BCUT2D eigenvalue weighted by Gasteiger charge is 2.16. The number of carbonyl (C=O) groups is 2. The second kappa shape index (κ2) is 4.31. The number of carboxylic acid groups (broad SMARTS) is 2. The van der Waals surface area contributed by atoms with E-state index in [1.165, 1.54) is 19.1 Å². The third-order valence-corrected chi connectivity index (χ3v) is 2.39. The lowest BCUT2D eigenvalue weighted by atomic mass is 9.99. The molecule has 0 aliphatic heterocycles. The van der Waals surface area contributed by atoms with Gasteiger partial charge in [0.05, 0.1) is 11.1 Å². The van der Waals surface area contributed by atoms with Gasteiger partial charge in [-0.3, -0.25) is 0 Å². The Labute approximate surface area is 91.1 Å². The minimum atomic E-state index is -1.15. The first-order valence-corrected chi connectivity index (χ1v) is 4.67. The first-order valence-electron chi connectivity index (χ1n) is 4.13. The predicted octanol–water partition coefficient (Wildman–Crippen LogP) is 2.13. The predicted molar refractivity (Wildman–Crippen MR) is 54.7 cm³/mol. The first kappa shape index (κ1) is 11.5. The van der Waals surface area contributed by atoms with E-state index in [1.807, 2.05) is 0 Å². The van der Waals surface area contributed by atoms with Crippen LogP contribution in [0.1, 0.15) is 31.8 Å². The molecule has 0 atom stereocenters. The van der Waals surface area contributed by atoms with Gasteiger partial charge in [0, 0.05) is 5.88 Å². The Morgan fingerprint density at radius 1 is 1.20 bits per heavy atom. The van der Waals surface area contributed by atoms with E-state index in [-0.39, 0.29) is 22.6 Å². The molecule has 0 spiro atoms. The Bertz CT molecular complexity index is 390. The Morgan fingerprint density at radius 2 is 1.60 bits per heavy atom. The Balaban J connectivity index is 3.47. The molecule has 1 aromatic rings. The van der Waals surface area contributed by atoms with Crippen molar-refractivity contribution in [2.75, 3.05) is 0 Å². The summed E-state index contributed by atoms with van der Waals surface area (Å²) < 4.78 is 0. The molecule has 5 heteroatoms. The van der Waals surface area contributed by atoms with Gasteiger partial charge in [0.15, 0.2) is 0 Å². The average Bonchev–Trinajstić information content (AvgIpc) is 2.17. The smallest absolute Gasteiger partial charge is 0.335 e. The summed E-state index contributed by atoms with van der Waals surface area (Å²) in [4.78, 5) is 21.7. The van der Waals surface area contributed by atoms with Crippen molar-refractivity contribution < 1.29 is 19.8 Å². The molecule has 0 aliphatic carbocycles. The van der Waals surface area contributed by atoms with Gasteiger partial charge in [-0.05, 0) is 30.2 Å². The number of halogens is 1. The first-order chi connectivity index (χ1) is 6.97. The lowest BCUT2D eigenvalue weighted by molar-refractivity contribution is 0.0696. The molecule has 0 saturated carbocycles. The van der Waals surface area contributed by atoms with Crippen molar-refractivity contribution in [2.24, 2.45) is 0 Å². The third kappa shape index (κ3) is 2.27. The van der Waals surface area contributed by atoms with E-state index >= 15 is 0 Å². The fourth-order valence-electron chi connectivity index (χ4n) is 1.30. The standard InChI is InChI=1S/C10H9ClO4/c1-5-7(9(12)13)2-6(4-11)3-8(5)10(14)15/h2-3H,4H2,1H3,(H,12,13)(H,14,15). The number of hydrogen-bond acceptors (Lipinski definition) is 2. The highest BCUT2D eigenvalue weighted by molar-refractivity contribution is 6.17. The van der Waals surface area contributed by atoms with Crippen LogP contribution >= 0.6 is 11.6 Å². The molecule has 0 fully saturated rings. The number of alkyl halides is 1. The second-order valence-corrected chi connectivity index (χ2v) is 3.33. The summed E-state index contributed by atoms with van der Waals surface area (Å²) in [6.07, 6.45) is 0. The highest BCUT2D eigenvalue weighted by atomic mass is 35.5. The molecule has 0 bridgehead atoms. The monoisotopic (exact) mass is 228 g/mol. The van der Waals surface area contributed by atoms with Gasteiger partial charge in [-0.2, -0.15) is 0 Å². The molecule has 0 heterocycles. The largest absolute Gasteiger partial charge is 0.478 e. The highest BCUT2D eigenvalue weighted by Crippen LogP contribution is 2.18. The van der Waals surface area contributed by atoms with E-state index in [2.05, 4.69) is 0 Å². The molecule has 15 heavy (non-hydrogen) atoms. The van der Waals surface area contributed by atoms with Gasteiger partial charge in [0.1, 0.15) is 0 Å². The van der Waals surface area contributed by atoms with Gasteiger partial charge in [-0.25, -0.2) is 9.59 Å². The Hall–Kier alpha value is -1.55. The average molecular weight is 229 g/mol. The maximum absolute atomic E-state index is 10.8. The van der Waals surface area contributed by atoms with E-state index in [9.17, 15) is 9.59 Å². The third-order valence-electron chi connectivity index (χ3n) is 2.08. The number of hydrogen-bond donors (Lipinski definition) is 2. The topological polar surface area (TPSA) is 74.6 Å². The maximum Gasteiger partial charge on any atom is 0.335 e. The van der Waals surface area contributed by atoms with E-state index in [0.29, 0.717) is 5.56 Å².